The van der Waals surface area contributed by atoms with Crippen LogP contribution in [0.15, 0.2) is 91.0 Å². The molecule has 3 aromatic rings. The zero-order valence-electron chi connectivity index (χ0n) is 22.5. The van der Waals surface area contributed by atoms with Gasteiger partial charge in [0.05, 0.1) is 0 Å². The summed E-state index contributed by atoms with van der Waals surface area (Å²) in [5, 5.41) is 4.72. The Bertz CT molecular complexity index is 833. The SMILES string of the molecule is CCCCCCCCCCCCCP(CCC)(c1ccccc1)(c1ccccc1)c1ccccc1. The van der Waals surface area contributed by atoms with Crippen molar-refractivity contribution in [2.75, 3.05) is 12.3 Å². The van der Waals surface area contributed by atoms with Gasteiger partial charge >= 0.3 is 210 Å². The van der Waals surface area contributed by atoms with Gasteiger partial charge in [-0.25, -0.2) is 0 Å². The van der Waals surface area contributed by atoms with E-state index in [1.54, 1.807) is 15.9 Å². The summed E-state index contributed by atoms with van der Waals surface area (Å²) in [5.74, 6) is 0. The van der Waals surface area contributed by atoms with E-state index in [2.05, 4.69) is 105 Å². The molecule has 0 radical (unpaired) electrons. The maximum atomic E-state index is 2.44. The van der Waals surface area contributed by atoms with Crippen LogP contribution in [0.1, 0.15) is 90.9 Å². The van der Waals surface area contributed by atoms with Crippen molar-refractivity contribution in [3.63, 3.8) is 0 Å². The van der Waals surface area contributed by atoms with Crippen LogP contribution < -0.4 is 15.9 Å². The van der Waals surface area contributed by atoms with Crippen LogP contribution in [0.25, 0.3) is 0 Å². The Kier molecular flexibility index (Phi) is 11.5. The fourth-order valence-corrected chi connectivity index (χ4v) is 13.6. The first-order valence-corrected chi connectivity index (χ1v) is 17.1. The summed E-state index contributed by atoms with van der Waals surface area (Å²) in [7, 11) is 0. The van der Waals surface area contributed by atoms with Crippen molar-refractivity contribution in [3.05, 3.63) is 91.0 Å². The van der Waals surface area contributed by atoms with Crippen LogP contribution in [0.5, 0.6) is 0 Å². The summed E-state index contributed by atoms with van der Waals surface area (Å²) in [6.07, 6.45) is 19.1. The molecule has 0 aromatic heterocycles. The fourth-order valence-electron chi connectivity index (χ4n) is 6.32. The van der Waals surface area contributed by atoms with E-state index < -0.39 is 6.60 Å². The Morgan fingerprint density at radius 3 is 1.06 bits per heavy atom. The third kappa shape index (κ3) is 6.65. The van der Waals surface area contributed by atoms with Gasteiger partial charge in [0, 0.05) is 0 Å². The van der Waals surface area contributed by atoms with Gasteiger partial charge in [-0.05, 0) is 0 Å². The molecule has 0 saturated carbocycles. The molecule has 190 valence electrons. The van der Waals surface area contributed by atoms with Crippen molar-refractivity contribution in [3.8, 4) is 0 Å². The molecule has 0 unspecified atom stereocenters. The normalized spacial score (nSPS) is 12.8. The van der Waals surface area contributed by atoms with Gasteiger partial charge in [-0.15, -0.1) is 0 Å². The van der Waals surface area contributed by atoms with Crippen LogP contribution in [0.2, 0.25) is 0 Å². The molecule has 3 aromatic carbocycles. The zero-order valence-corrected chi connectivity index (χ0v) is 23.4. The van der Waals surface area contributed by atoms with Crippen LogP contribution in [0.4, 0.5) is 0 Å². The van der Waals surface area contributed by atoms with Crippen LogP contribution in [-0.4, -0.2) is 12.3 Å². The molecule has 0 aliphatic rings. The average molecular weight is 489 g/mol. The Balaban J connectivity index is 1.82. The van der Waals surface area contributed by atoms with Gasteiger partial charge in [0.1, 0.15) is 0 Å². The molecule has 0 heterocycles. The van der Waals surface area contributed by atoms with Crippen LogP contribution in [0.3, 0.4) is 0 Å². The Morgan fingerprint density at radius 2 is 0.714 bits per heavy atom. The zero-order chi connectivity index (χ0) is 24.7. The molecule has 0 N–H and O–H groups in total. The monoisotopic (exact) mass is 488 g/mol. The molecule has 0 nitrogen and oxygen atoms in total. The van der Waals surface area contributed by atoms with E-state index in [1.165, 1.54) is 89.4 Å². The Labute approximate surface area is 216 Å². The molecule has 0 atom stereocenters. The predicted octanol–water partition coefficient (Wildman–Crippen LogP) is 9.24. The minimum atomic E-state index is -2.59. The van der Waals surface area contributed by atoms with E-state index in [9.17, 15) is 0 Å². The first kappa shape index (κ1) is 27.7. The third-order valence-electron chi connectivity index (χ3n) is 8.11. The van der Waals surface area contributed by atoms with E-state index in [-0.39, 0.29) is 0 Å². The van der Waals surface area contributed by atoms with Crippen LogP contribution >= 0.6 is 6.60 Å². The second-order valence-electron chi connectivity index (χ2n) is 10.5. The van der Waals surface area contributed by atoms with Crippen LogP contribution in [0, 0.1) is 0 Å². The van der Waals surface area contributed by atoms with Crippen molar-refractivity contribution in [1.82, 2.24) is 0 Å². The van der Waals surface area contributed by atoms with Crippen molar-refractivity contribution in [2.45, 2.75) is 90.9 Å². The van der Waals surface area contributed by atoms with E-state index in [0.717, 1.165) is 0 Å². The first-order valence-electron chi connectivity index (χ1n) is 14.4. The summed E-state index contributed by atoms with van der Waals surface area (Å²) in [6, 6.07) is 34.7. The second kappa shape index (κ2) is 14.6. The molecule has 1 heteroatoms. The molecular formula is C34H49P. The third-order valence-corrected chi connectivity index (χ3v) is 15.5. The second-order valence-corrected chi connectivity index (χ2v) is 16.0. The van der Waals surface area contributed by atoms with Gasteiger partial charge in [0.2, 0.25) is 0 Å². The molecule has 0 aliphatic carbocycles. The molecule has 0 fully saturated rings. The predicted molar refractivity (Wildman–Crippen MR) is 162 cm³/mol. The van der Waals surface area contributed by atoms with Crippen molar-refractivity contribution >= 4 is 22.5 Å². The van der Waals surface area contributed by atoms with Crippen molar-refractivity contribution in [1.29, 1.82) is 0 Å². The van der Waals surface area contributed by atoms with Gasteiger partial charge in [-0.1, -0.05) is 6.92 Å². The number of hydrogen-bond donors (Lipinski definition) is 0. The van der Waals surface area contributed by atoms with Crippen LogP contribution in [-0.2, 0) is 0 Å². The molecule has 0 saturated heterocycles. The van der Waals surface area contributed by atoms with Crippen molar-refractivity contribution in [2.24, 2.45) is 0 Å². The van der Waals surface area contributed by atoms with Gasteiger partial charge in [0.15, 0.2) is 0 Å². The van der Waals surface area contributed by atoms with E-state index in [0.29, 0.717) is 0 Å². The minimum absolute atomic E-state index is 1.20. The Hall–Kier alpha value is -1.91. The molecule has 0 amide bonds. The Morgan fingerprint density at radius 1 is 0.371 bits per heavy atom. The van der Waals surface area contributed by atoms with Gasteiger partial charge < -0.3 is 0 Å². The van der Waals surface area contributed by atoms with Crippen molar-refractivity contribution < 1.29 is 0 Å². The molecule has 3 rings (SSSR count). The molecule has 0 bridgehead atoms. The molecular weight excluding hydrogens is 439 g/mol. The summed E-state index contributed by atoms with van der Waals surface area (Å²) in [6.45, 7) is 2.10. The maximum absolute atomic E-state index is 2.59. The fraction of sp³-hybridized carbons (Fsp3) is 0.471. The van der Waals surface area contributed by atoms with E-state index in [4.69, 9.17) is 0 Å². The average Bonchev–Trinajstić information content (AvgIpc) is 2.93. The standard InChI is InChI=1S/C34H49P/c1-3-5-6-7-8-9-10-11-12-13-23-31-35(30-4-2,32-24-17-14-18-25-32,33-26-19-15-20-27-33)34-28-21-16-22-29-34/h14-22,24-29H,3-13,23,30-31H2,1-2H3. The molecule has 0 spiro atoms. The number of rotatable bonds is 17. The molecule has 0 aliphatic heterocycles. The van der Waals surface area contributed by atoms with Gasteiger partial charge in [-0.3, -0.25) is 0 Å². The summed E-state index contributed by atoms with van der Waals surface area (Å²) < 4.78 is 0. The van der Waals surface area contributed by atoms with E-state index in [1.807, 2.05) is 0 Å². The number of benzene rings is 3. The quantitative estimate of drug-likeness (QED) is 0.131. The first-order chi connectivity index (χ1) is 17.3. The molecule has 35 heavy (non-hydrogen) atoms. The summed E-state index contributed by atoms with van der Waals surface area (Å²) in [4.78, 5) is 0. The van der Waals surface area contributed by atoms with E-state index >= 15 is 0 Å². The summed E-state index contributed by atoms with van der Waals surface area (Å²) in [5.41, 5.74) is 0. The number of unbranched alkanes of at least 4 members (excludes halogenated alkanes) is 10. The topological polar surface area (TPSA) is 0 Å². The van der Waals surface area contributed by atoms with Gasteiger partial charge in [-0.2, -0.15) is 0 Å². The summed E-state index contributed by atoms with van der Waals surface area (Å²) >= 11 is 0. The van der Waals surface area contributed by atoms with Gasteiger partial charge in [0.25, 0.3) is 0 Å². The number of hydrogen-bond acceptors (Lipinski definition) is 0.